The predicted molar refractivity (Wildman–Crippen MR) is 159 cm³/mol. The highest BCUT2D eigenvalue weighted by molar-refractivity contribution is 7.91. The number of benzene rings is 2. The molecule has 3 fully saturated rings. The summed E-state index contributed by atoms with van der Waals surface area (Å²) < 4.78 is 30.0. The number of furan rings is 1. The highest BCUT2D eigenvalue weighted by Crippen LogP contribution is 2.50. The molecule has 3 heterocycles. The molecule has 0 spiro atoms. The van der Waals surface area contributed by atoms with Gasteiger partial charge in [0.15, 0.2) is 9.84 Å². The lowest BCUT2D eigenvalue weighted by Gasteiger charge is -2.33. The Bertz CT molecular complexity index is 1490. The van der Waals surface area contributed by atoms with Gasteiger partial charge in [-0.05, 0) is 87.4 Å². The molecule has 3 aliphatic rings. The van der Waals surface area contributed by atoms with Crippen LogP contribution in [0, 0.1) is 13.8 Å². The summed E-state index contributed by atoms with van der Waals surface area (Å²) in [6, 6.07) is 18.2. The van der Waals surface area contributed by atoms with Gasteiger partial charge in [0, 0.05) is 43.1 Å². The molecule has 6 rings (SSSR count). The van der Waals surface area contributed by atoms with Crippen molar-refractivity contribution in [2.45, 2.75) is 57.4 Å². The molecule has 8 heteroatoms. The van der Waals surface area contributed by atoms with Gasteiger partial charge in [-0.2, -0.15) is 0 Å². The van der Waals surface area contributed by atoms with Crippen molar-refractivity contribution in [3.8, 4) is 0 Å². The molecule has 0 bridgehead atoms. The van der Waals surface area contributed by atoms with Crippen molar-refractivity contribution in [2.24, 2.45) is 0 Å². The van der Waals surface area contributed by atoms with Crippen molar-refractivity contribution < 1.29 is 17.6 Å². The lowest BCUT2D eigenvalue weighted by Crippen LogP contribution is -2.41. The Balaban J connectivity index is 1.30. The zero-order valence-corrected chi connectivity index (χ0v) is 24.3. The van der Waals surface area contributed by atoms with Crippen molar-refractivity contribution in [1.29, 1.82) is 0 Å². The van der Waals surface area contributed by atoms with E-state index in [4.69, 9.17) is 4.42 Å². The number of rotatable bonds is 7. The predicted octanol–water partition coefficient (Wildman–Crippen LogP) is 5.06. The number of carbonyl (C=O) groups is 1. The Kier molecular flexibility index (Phi) is 7.15. The van der Waals surface area contributed by atoms with Crippen LogP contribution in [0.15, 0.2) is 59.0 Å². The van der Waals surface area contributed by atoms with Gasteiger partial charge in [-0.25, -0.2) is 8.42 Å². The van der Waals surface area contributed by atoms with E-state index < -0.39 is 21.3 Å². The van der Waals surface area contributed by atoms with Gasteiger partial charge >= 0.3 is 0 Å². The fraction of sp³-hybridized carbons (Fsp3) is 0.469. The van der Waals surface area contributed by atoms with Crippen molar-refractivity contribution in [1.82, 2.24) is 5.32 Å². The van der Waals surface area contributed by atoms with Crippen LogP contribution in [0.4, 0.5) is 11.4 Å². The van der Waals surface area contributed by atoms with E-state index in [0.29, 0.717) is 13.1 Å². The van der Waals surface area contributed by atoms with Crippen LogP contribution in [0.5, 0.6) is 0 Å². The van der Waals surface area contributed by atoms with Crippen molar-refractivity contribution in [3.05, 3.63) is 82.8 Å². The summed E-state index contributed by atoms with van der Waals surface area (Å²) in [5.74, 6) is 1.91. The number of hydrogen-bond donors (Lipinski definition) is 1. The average molecular weight is 562 g/mol. The van der Waals surface area contributed by atoms with Crippen LogP contribution in [-0.2, 0) is 20.0 Å². The topological polar surface area (TPSA) is 82.9 Å². The second kappa shape index (κ2) is 10.6. The molecule has 3 aromatic rings. The molecule has 7 nitrogen and oxygen atoms in total. The largest absolute Gasteiger partial charge is 0.464 e. The molecule has 1 aromatic heterocycles. The third-order valence-electron chi connectivity index (χ3n) is 8.81. The fourth-order valence-electron chi connectivity index (χ4n) is 6.23. The normalized spacial score (nSPS) is 20.6. The van der Waals surface area contributed by atoms with Crippen molar-refractivity contribution in [3.63, 3.8) is 0 Å². The molecule has 2 saturated heterocycles. The van der Waals surface area contributed by atoms with Crippen LogP contribution in [0.2, 0.25) is 0 Å². The fourth-order valence-corrected chi connectivity index (χ4v) is 7.43. The Labute approximate surface area is 237 Å². The van der Waals surface area contributed by atoms with Crippen LogP contribution in [-0.4, -0.2) is 52.0 Å². The summed E-state index contributed by atoms with van der Waals surface area (Å²) >= 11 is 0. The minimum absolute atomic E-state index is 0.00935. The summed E-state index contributed by atoms with van der Waals surface area (Å²) in [5.41, 5.74) is 4.82. The number of amides is 1. The van der Waals surface area contributed by atoms with E-state index in [-0.39, 0.29) is 17.4 Å². The first kappa shape index (κ1) is 26.9. The summed E-state index contributed by atoms with van der Waals surface area (Å²) in [4.78, 5) is 18.7. The van der Waals surface area contributed by atoms with Gasteiger partial charge in [0.1, 0.15) is 17.6 Å². The molecule has 1 unspecified atom stereocenters. The summed E-state index contributed by atoms with van der Waals surface area (Å²) in [7, 11) is -2.96. The van der Waals surface area contributed by atoms with Gasteiger partial charge in [0.2, 0.25) is 5.91 Å². The maximum Gasteiger partial charge on any atom is 0.231 e. The summed E-state index contributed by atoms with van der Waals surface area (Å²) in [5, 5.41) is 3.42. The minimum atomic E-state index is -2.96. The molecule has 1 amide bonds. The first-order valence-electron chi connectivity index (χ1n) is 14.5. The third kappa shape index (κ3) is 5.38. The number of nitrogens with zero attached hydrogens (tertiary/aromatic N) is 2. The van der Waals surface area contributed by atoms with Crippen LogP contribution in [0.1, 0.15) is 66.4 Å². The molecule has 1 aliphatic carbocycles. The lowest BCUT2D eigenvalue weighted by atomic mass is 9.92. The number of hydrogen-bond acceptors (Lipinski definition) is 6. The van der Waals surface area contributed by atoms with Gasteiger partial charge in [0.25, 0.3) is 0 Å². The van der Waals surface area contributed by atoms with Crippen LogP contribution < -0.4 is 15.1 Å². The van der Waals surface area contributed by atoms with Crippen LogP contribution in [0.25, 0.3) is 0 Å². The molecule has 1 saturated carbocycles. The highest BCUT2D eigenvalue weighted by atomic mass is 32.2. The molecule has 0 radical (unpaired) electrons. The van der Waals surface area contributed by atoms with Crippen LogP contribution in [0.3, 0.4) is 0 Å². The number of aryl methyl sites for hydroxylation is 2. The Morgan fingerprint density at radius 2 is 1.65 bits per heavy atom. The van der Waals surface area contributed by atoms with E-state index >= 15 is 0 Å². The van der Waals surface area contributed by atoms with E-state index in [1.54, 1.807) is 0 Å². The summed E-state index contributed by atoms with van der Waals surface area (Å²) in [6.07, 6.45) is 5.17. The first-order valence-corrected chi connectivity index (χ1v) is 16.3. The molecule has 2 aliphatic heterocycles. The zero-order chi connectivity index (χ0) is 27.9. The maximum atomic E-state index is 14.2. The summed E-state index contributed by atoms with van der Waals surface area (Å²) in [6.45, 7) is 7.05. The Morgan fingerprint density at radius 1 is 0.900 bits per heavy atom. The second-order valence-corrected chi connectivity index (χ2v) is 14.0. The van der Waals surface area contributed by atoms with Gasteiger partial charge in [-0.1, -0.05) is 24.3 Å². The zero-order valence-electron chi connectivity index (χ0n) is 23.5. The molecule has 2 aromatic carbocycles. The maximum absolute atomic E-state index is 14.2. The number of piperidine rings is 1. The molecule has 1 N–H and O–H groups in total. The third-order valence-corrected chi connectivity index (χ3v) is 10.4. The Hall–Kier alpha value is -3.26. The first-order chi connectivity index (χ1) is 19.2. The molecule has 40 heavy (non-hydrogen) atoms. The van der Waals surface area contributed by atoms with Crippen molar-refractivity contribution >= 4 is 27.1 Å². The monoisotopic (exact) mass is 561 g/mol. The SMILES string of the molecule is Cc1ccc(C(NC(=O)C2(c3cccc(N4CCS(=O)(=O)CC4)c3)CC2)c2ccc(C)o2)c(N2CCCCC2)c1. The number of carbonyl (C=O) groups excluding carboxylic acids is 1. The van der Waals surface area contributed by atoms with Gasteiger partial charge in [-0.3, -0.25) is 4.79 Å². The minimum Gasteiger partial charge on any atom is -0.464 e. The number of sulfone groups is 1. The van der Waals surface area contributed by atoms with Gasteiger partial charge in [0.05, 0.1) is 16.9 Å². The number of anilines is 2. The molecule has 1 atom stereocenters. The Morgan fingerprint density at radius 3 is 2.33 bits per heavy atom. The average Bonchev–Trinajstić information content (AvgIpc) is 3.67. The van der Waals surface area contributed by atoms with Gasteiger partial charge in [-0.15, -0.1) is 0 Å². The van der Waals surface area contributed by atoms with E-state index in [2.05, 4.69) is 46.3 Å². The second-order valence-electron chi connectivity index (χ2n) is 11.7. The number of nitrogens with one attached hydrogen (secondary N) is 1. The lowest BCUT2D eigenvalue weighted by molar-refractivity contribution is -0.124. The van der Waals surface area contributed by atoms with E-state index in [1.807, 2.05) is 37.3 Å². The quantitative estimate of drug-likeness (QED) is 0.434. The highest BCUT2D eigenvalue weighted by Gasteiger charge is 2.52. The van der Waals surface area contributed by atoms with Crippen LogP contribution >= 0.6 is 0 Å². The smallest absolute Gasteiger partial charge is 0.231 e. The van der Waals surface area contributed by atoms with E-state index in [0.717, 1.165) is 54.3 Å². The molecular weight excluding hydrogens is 522 g/mol. The van der Waals surface area contributed by atoms with E-state index in [9.17, 15) is 13.2 Å². The van der Waals surface area contributed by atoms with Crippen molar-refractivity contribution in [2.75, 3.05) is 47.5 Å². The molecular formula is C32H39N3O4S. The standard InChI is InChI=1S/C32H39N3O4S/c1-23-9-11-27(28(21-23)35-15-4-3-5-16-35)30(29-12-10-24(2)39-29)33-31(36)32(13-14-32)25-7-6-8-26(22-25)34-17-19-40(37,38)20-18-34/h6-12,21-22,30H,3-5,13-20H2,1-2H3,(H,33,36). The molecule has 212 valence electrons. The van der Waals surface area contributed by atoms with E-state index in [1.165, 1.54) is 30.5 Å². The van der Waals surface area contributed by atoms with Gasteiger partial charge < -0.3 is 19.5 Å².